The Labute approximate surface area is 193 Å². The van der Waals surface area contributed by atoms with Crippen molar-refractivity contribution in [2.45, 2.75) is 58.0 Å². The van der Waals surface area contributed by atoms with Gasteiger partial charge in [0.25, 0.3) is 0 Å². The van der Waals surface area contributed by atoms with Crippen LogP contribution in [0, 0.1) is 0 Å². The number of rotatable bonds is 8. The summed E-state index contributed by atoms with van der Waals surface area (Å²) in [4.78, 5) is 32.3. The van der Waals surface area contributed by atoms with Gasteiger partial charge in [-0.25, -0.2) is 9.79 Å². The highest BCUT2D eigenvalue weighted by atomic mass is 32.2. The third kappa shape index (κ3) is 4.67. The van der Waals surface area contributed by atoms with E-state index >= 15 is 0 Å². The summed E-state index contributed by atoms with van der Waals surface area (Å²) in [7, 11) is 0. The summed E-state index contributed by atoms with van der Waals surface area (Å²) in [5.74, 6) is -0.0101. The molecule has 1 N–H and O–H groups in total. The van der Waals surface area contributed by atoms with Gasteiger partial charge in [-0.2, -0.15) is 0 Å². The number of carbonyl (C=O) groups is 2. The van der Waals surface area contributed by atoms with Crippen molar-refractivity contribution in [3.8, 4) is 0 Å². The van der Waals surface area contributed by atoms with Crippen LogP contribution in [0.5, 0.6) is 0 Å². The summed E-state index contributed by atoms with van der Waals surface area (Å²) in [6.45, 7) is 9.91. The number of aliphatic imine (C=N–C) groups is 1. The van der Waals surface area contributed by atoms with Crippen LogP contribution in [0.2, 0.25) is 0 Å². The van der Waals surface area contributed by atoms with Crippen LogP contribution in [0.4, 0.5) is 0 Å². The number of ether oxygens (including phenoxy) is 1. The highest BCUT2D eigenvalue weighted by Crippen LogP contribution is 2.45. The van der Waals surface area contributed by atoms with E-state index < -0.39 is 12.0 Å². The van der Waals surface area contributed by atoms with Crippen molar-refractivity contribution in [3.63, 3.8) is 0 Å². The van der Waals surface area contributed by atoms with Gasteiger partial charge in [-0.3, -0.25) is 4.79 Å². The first-order valence-electron chi connectivity index (χ1n) is 11.0. The first-order valence-corrected chi connectivity index (χ1v) is 11.9. The summed E-state index contributed by atoms with van der Waals surface area (Å²) >= 11 is 1.48. The molecule has 1 amide bonds. The van der Waals surface area contributed by atoms with Crippen LogP contribution in [-0.4, -0.2) is 34.6 Å². The lowest BCUT2D eigenvalue weighted by Gasteiger charge is -2.36. The Kier molecular flexibility index (Phi) is 6.55. The average Bonchev–Trinajstić information content (AvgIpc) is 3.50. The standard InChI is InChI=1S/C25H29N3O3S/c1-5-12-31-24(30)22-16(4)26-25-28(20(14-32-25)13-21(29)27-19-10-11-19)23(22)18-8-6-17(7-9-18)15(2)3/h5-9,14-15,19,23H,1,10-13H2,2-4H3,(H,27,29). The Morgan fingerprint density at radius 1 is 1.31 bits per heavy atom. The smallest absolute Gasteiger partial charge is 0.338 e. The predicted octanol–water partition coefficient (Wildman–Crippen LogP) is 4.78. The number of nitrogens with zero attached hydrogens (tertiary/aromatic N) is 2. The number of thioether (sulfide) groups is 1. The van der Waals surface area contributed by atoms with Gasteiger partial charge in [0.1, 0.15) is 6.61 Å². The molecular weight excluding hydrogens is 422 g/mol. The van der Waals surface area contributed by atoms with Gasteiger partial charge < -0.3 is 15.0 Å². The molecule has 4 rings (SSSR count). The molecular formula is C25H29N3O3S. The fraction of sp³-hybridized carbons (Fsp3) is 0.400. The maximum Gasteiger partial charge on any atom is 0.338 e. The number of hydrogen-bond acceptors (Lipinski definition) is 6. The Bertz CT molecular complexity index is 1020. The van der Waals surface area contributed by atoms with Crippen molar-refractivity contribution >= 4 is 28.8 Å². The summed E-state index contributed by atoms with van der Waals surface area (Å²) in [5.41, 5.74) is 4.15. The normalized spacial score (nSPS) is 20.0. The van der Waals surface area contributed by atoms with E-state index in [1.807, 2.05) is 17.2 Å². The van der Waals surface area contributed by atoms with Crippen molar-refractivity contribution in [2.24, 2.45) is 4.99 Å². The quantitative estimate of drug-likeness (QED) is 0.455. The molecule has 1 aromatic rings. The number of benzene rings is 1. The molecule has 32 heavy (non-hydrogen) atoms. The Hall–Kier alpha value is -2.80. The van der Waals surface area contributed by atoms with Crippen molar-refractivity contribution in [1.82, 2.24) is 10.2 Å². The van der Waals surface area contributed by atoms with E-state index in [0.29, 0.717) is 23.2 Å². The van der Waals surface area contributed by atoms with Gasteiger partial charge in [0.2, 0.25) is 5.91 Å². The summed E-state index contributed by atoms with van der Waals surface area (Å²) in [6.07, 6.45) is 3.89. The number of amidine groups is 1. The van der Waals surface area contributed by atoms with Crippen LogP contribution in [0.3, 0.4) is 0 Å². The summed E-state index contributed by atoms with van der Waals surface area (Å²) in [5, 5.41) is 5.79. The van der Waals surface area contributed by atoms with Crippen LogP contribution >= 0.6 is 11.8 Å². The number of hydrogen-bond donors (Lipinski definition) is 1. The molecule has 1 fully saturated rings. The topological polar surface area (TPSA) is 71.0 Å². The van der Waals surface area contributed by atoms with Crippen LogP contribution in [0.1, 0.15) is 63.1 Å². The van der Waals surface area contributed by atoms with E-state index in [1.165, 1.54) is 17.3 Å². The molecule has 1 unspecified atom stereocenters. The molecule has 168 valence electrons. The zero-order chi connectivity index (χ0) is 22.8. The van der Waals surface area contributed by atoms with Crippen molar-refractivity contribution in [3.05, 3.63) is 70.4 Å². The monoisotopic (exact) mass is 451 g/mol. The molecule has 0 bridgehead atoms. The van der Waals surface area contributed by atoms with Gasteiger partial charge in [-0.1, -0.05) is 62.5 Å². The third-order valence-electron chi connectivity index (χ3n) is 5.76. The van der Waals surface area contributed by atoms with E-state index in [9.17, 15) is 9.59 Å². The second kappa shape index (κ2) is 9.36. The average molecular weight is 452 g/mol. The van der Waals surface area contributed by atoms with Gasteiger partial charge >= 0.3 is 5.97 Å². The lowest BCUT2D eigenvalue weighted by molar-refractivity contribution is -0.138. The minimum absolute atomic E-state index is 0.00318. The van der Waals surface area contributed by atoms with E-state index in [-0.39, 0.29) is 18.9 Å². The molecule has 3 aliphatic rings. The lowest BCUT2D eigenvalue weighted by atomic mass is 9.92. The van der Waals surface area contributed by atoms with Crippen LogP contribution in [0.25, 0.3) is 0 Å². The minimum atomic E-state index is -0.415. The zero-order valence-corrected chi connectivity index (χ0v) is 19.6. The van der Waals surface area contributed by atoms with E-state index in [4.69, 9.17) is 4.74 Å². The molecule has 1 aromatic carbocycles. The Morgan fingerprint density at radius 3 is 2.66 bits per heavy atom. The fourth-order valence-electron chi connectivity index (χ4n) is 3.89. The highest BCUT2D eigenvalue weighted by molar-refractivity contribution is 8.16. The van der Waals surface area contributed by atoms with Gasteiger partial charge in [0, 0.05) is 11.7 Å². The predicted molar refractivity (Wildman–Crippen MR) is 128 cm³/mol. The summed E-state index contributed by atoms with van der Waals surface area (Å²) in [6, 6.07) is 8.21. The van der Waals surface area contributed by atoms with Crippen LogP contribution in [0.15, 0.2) is 64.3 Å². The van der Waals surface area contributed by atoms with E-state index in [2.05, 4.69) is 55.0 Å². The maximum absolute atomic E-state index is 13.1. The molecule has 0 radical (unpaired) electrons. The molecule has 6 nitrogen and oxygen atoms in total. The second-order valence-corrected chi connectivity index (χ2v) is 9.46. The van der Waals surface area contributed by atoms with Gasteiger partial charge in [0.15, 0.2) is 5.17 Å². The molecule has 0 spiro atoms. The Balaban J connectivity index is 1.70. The molecule has 1 atom stereocenters. The number of esters is 1. The molecule has 1 aliphatic carbocycles. The van der Waals surface area contributed by atoms with Crippen LogP contribution < -0.4 is 5.32 Å². The number of nitrogens with one attached hydrogen (secondary N) is 1. The van der Waals surface area contributed by atoms with Crippen molar-refractivity contribution in [2.75, 3.05) is 6.61 Å². The first kappa shape index (κ1) is 22.4. The van der Waals surface area contributed by atoms with Gasteiger partial charge in [-0.05, 0) is 42.2 Å². The van der Waals surface area contributed by atoms with E-state index in [1.54, 1.807) is 6.08 Å². The Morgan fingerprint density at radius 2 is 2.03 bits per heavy atom. The van der Waals surface area contributed by atoms with Gasteiger partial charge in [0.05, 0.1) is 23.7 Å². The minimum Gasteiger partial charge on any atom is -0.458 e. The van der Waals surface area contributed by atoms with Crippen LogP contribution in [-0.2, 0) is 14.3 Å². The molecule has 7 heteroatoms. The van der Waals surface area contributed by atoms with Crippen molar-refractivity contribution < 1.29 is 14.3 Å². The van der Waals surface area contributed by atoms with E-state index in [0.717, 1.165) is 29.3 Å². The third-order valence-corrected chi connectivity index (χ3v) is 6.64. The molecule has 2 heterocycles. The van der Waals surface area contributed by atoms with Gasteiger partial charge in [-0.15, -0.1) is 0 Å². The molecule has 0 saturated heterocycles. The molecule has 0 aromatic heterocycles. The second-order valence-electron chi connectivity index (χ2n) is 8.62. The maximum atomic E-state index is 13.1. The molecule has 1 saturated carbocycles. The SMILES string of the molecule is C=CCOC(=O)C1=C(C)N=C2SC=C(CC(=O)NC3CC3)N2C1c1ccc(C(C)C)cc1. The zero-order valence-electron chi connectivity index (χ0n) is 18.8. The summed E-state index contributed by atoms with van der Waals surface area (Å²) < 4.78 is 5.42. The number of amides is 1. The largest absolute Gasteiger partial charge is 0.458 e. The molecule has 2 aliphatic heterocycles. The number of fused-ring (bicyclic) bond motifs is 1. The highest BCUT2D eigenvalue weighted by Gasteiger charge is 2.41. The fourth-order valence-corrected chi connectivity index (χ4v) is 4.86. The van der Waals surface area contributed by atoms with Crippen molar-refractivity contribution in [1.29, 1.82) is 0 Å². The number of carbonyl (C=O) groups excluding carboxylic acids is 2. The lowest BCUT2D eigenvalue weighted by Crippen LogP contribution is -2.38. The first-order chi connectivity index (χ1) is 15.4. The number of allylic oxidation sites excluding steroid dienone is 1.